The van der Waals surface area contributed by atoms with Gasteiger partial charge in [-0.25, -0.2) is 0 Å². The van der Waals surface area contributed by atoms with Gasteiger partial charge in [0.05, 0.1) is 13.2 Å². The topological polar surface area (TPSA) is 30.5 Å². The van der Waals surface area contributed by atoms with Crippen LogP contribution < -0.4 is 10.1 Å². The van der Waals surface area contributed by atoms with Crippen LogP contribution in [0.3, 0.4) is 0 Å². The van der Waals surface area contributed by atoms with Crippen molar-refractivity contribution in [2.24, 2.45) is 5.92 Å². The molecule has 0 saturated carbocycles. The molecule has 1 aromatic rings. The summed E-state index contributed by atoms with van der Waals surface area (Å²) in [5.74, 6) is 1.71. The first kappa shape index (κ1) is 17.0. The van der Waals surface area contributed by atoms with E-state index >= 15 is 0 Å². The maximum absolute atomic E-state index is 5.45. The van der Waals surface area contributed by atoms with Crippen molar-refractivity contribution in [1.29, 1.82) is 0 Å². The van der Waals surface area contributed by atoms with Gasteiger partial charge < -0.3 is 14.8 Å². The molecule has 1 atom stereocenters. The summed E-state index contributed by atoms with van der Waals surface area (Å²) in [6, 6.07) is 8.48. The molecule has 1 unspecified atom stereocenters. The van der Waals surface area contributed by atoms with Crippen molar-refractivity contribution in [3.63, 3.8) is 0 Å². The highest BCUT2D eigenvalue weighted by atomic mass is 16.5. The van der Waals surface area contributed by atoms with Crippen molar-refractivity contribution in [2.75, 3.05) is 33.4 Å². The molecule has 1 N–H and O–H groups in total. The fourth-order valence-electron chi connectivity index (χ4n) is 2.12. The normalized spacial score (nSPS) is 12.3. The zero-order valence-corrected chi connectivity index (χ0v) is 13.2. The number of benzene rings is 1. The van der Waals surface area contributed by atoms with Crippen LogP contribution in [0.5, 0.6) is 5.75 Å². The minimum Gasteiger partial charge on any atom is -0.494 e. The third kappa shape index (κ3) is 7.51. The van der Waals surface area contributed by atoms with Gasteiger partial charge in [-0.3, -0.25) is 0 Å². The van der Waals surface area contributed by atoms with Gasteiger partial charge in [0.1, 0.15) is 5.75 Å². The SMILES string of the molecule is CCOc1ccc(CCC(C)CCNCCOC)cc1. The zero-order valence-electron chi connectivity index (χ0n) is 13.2. The highest BCUT2D eigenvalue weighted by Gasteiger charge is 2.03. The van der Waals surface area contributed by atoms with Gasteiger partial charge in [-0.15, -0.1) is 0 Å². The Morgan fingerprint density at radius 2 is 1.85 bits per heavy atom. The van der Waals surface area contributed by atoms with E-state index in [2.05, 4.69) is 36.5 Å². The molecule has 0 aromatic heterocycles. The highest BCUT2D eigenvalue weighted by molar-refractivity contribution is 5.27. The average molecular weight is 279 g/mol. The minimum absolute atomic E-state index is 0.729. The number of methoxy groups -OCH3 is 1. The first-order valence-electron chi connectivity index (χ1n) is 7.67. The Kier molecular flexibility index (Phi) is 9.09. The fraction of sp³-hybridized carbons (Fsp3) is 0.647. The summed E-state index contributed by atoms with van der Waals surface area (Å²) in [7, 11) is 1.74. The Bertz CT molecular complexity index is 337. The lowest BCUT2D eigenvalue weighted by molar-refractivity contribution is 0.199. The monoisotopic (exact) mass is 279 g/mol. The number of aryl methyl sites for hydroxylation is 1. The minimum atomic E-state index is 0.729. The molecule has 0 aliphatic rings. The summed E-state index contributed by atoms with van der Waals surface area (Å²) in [5, 5.41) is 3.40. The lowest BCUT2D eigenvalue weighted by atomic mass is 9.98. The van der Waals surface area contributed by atoms with Gasteiger partial charge in [0, 0.05) is 13.7 Å². The van der Waals surface area contributed by atoms with Gasteiger partial charge in [0.25, 0.3) is 0 Å². The molecule has 0 bridgehead atoms. The lowest BCUT2D eigenvalue weighted by Gasteiger charge is -2.12. The van der Waals surface area contributed by atoms with Crippen LogP contribution in [0.2, 0.25) is 0 Å². The van der Waals surface area contributed by atoms with Crippen LogP contribution in [0.4, 0.5) is 0 Å². The Morgan fingerprint density at radius 1 is 1.10 bits per heavy atom. The largest absolute Gasteiger partial charge is 0.494 e. The summed E-state index contributed by atoms with van der Waals surface area (Å²) in [4.78, 5) is 0. The summed E-state index contributed by atoms with van der Waals surface area (Å²) < 4.78 is 10.5. The van der Waals surface area contributed by atoms with Gasteiger partial charge in [-0.2, -0.15) is 0 Å². The first-order chi connectivity index (χ1) is 9.76. The van der Waals surface area contributed by atoms with E-state index in [-0.39, 0.29) is 0 Å². The van der Waals surface area contributed by atoms with Crippen LogP contribution >= 0.6 is 0 Å². The molecule has 0 radical (unpaired) electrons. The Labute approximate surface area is 123 Å². The van der Waals surface area contributed by atoms with Gasteiger partial charge in [0.15, 0.2) is 0 Å². The second-order valence-electron chi connectivity index (χ2n) is 5.25. The lowest BCUT2D eigenvalue weighted by Crippen LogP contribution is -2.21. The van der Waals surface area contributed by atoms with Crippen LogP contribution in [0.15, 0.2) is 24.3 Å². The molecule has 0 saturated heterocycles. The third-order valence-corrected chi connectivity index (χ3v) is 3.46. The van der Waals surface area contributed by atoms with E-state index in [9.17, 15) is 0 Å². The van der Waals surface area contributed by atoms with Gasteiger partial charge in [-0.05, 0) is 56.3 Å². The Morgan fingerprint density at radius 3 is 2.50 bits per heavy atom. The van der Waals surface area contributed by atoms with E-state index in [0.717, 1.165) is 44.4 Å². The maximum Gasteiger partial charge on any atom is 0.119 e. The summed E-state index contributed by atoms with van der Waals surface area (Å²) >= 11 is 0. The van der Waals surface area contributed by atoms with E-state index in [1.807, 2.05) is 6.92 Å². The molecule has 20 heavy (non-hydrogen) atoms. The number of ether oxygens (including phenoxy) is 2. The van der Waals surface area contributed by atoms with Crippen molar-refractivity contribution in [2.45, 2.75) is 33.1 Å². The van der Waals surface area contributed by atoms with Crippen LogP contribution in [0, 0.1) is 5.92 Å². The first-order valence-corrected chi connectivity index (χ1v) is 7.67. The van der Waals surface area contributed by atoms with E-state index in [1.54, 1.807) is 7.11 Å². The summed E-state index contributed by atoms with van der Waals surface area (Å²) in [6.45, 7) is 7.88. The van der Waals surface area contributed by atoms with Gasteiger partial charge in [0.2, 0.25) is 0 Å². The molecular weight excluding hydrogens is 250 g/mol. The fourth-order valence-corrected chi connectivity index (χ4v) is 2.12. The van der Waals surface area contributed by atoms with E-state index < -0.39 is 0 Å². The highest BCUT2D eigenvalue weighted by Crippen LogP contribution is 2.16. The van der Waals surface area contributed by atoms with Crippen LogP contribution in [-0.4, -0.2) is 33.4 Å². The maximum atomic E-state index is 5.45. The molecule has 1 aromatic carbocycles. The zero-order chi connectivity index (χ0) is 14.6. The van der Waals surface area contributed by atoms with E-state index in [1.165, 1.54) is 18.4 Å². The van der Waals surface area contributed by atoms with Crippen LogP contribution in [0.25, 0.3) is 0 Å². The average Bonchev–Trinajstić information content (AvgIpc) is 2.47. The third-order valence-electron chi connectivity index (χ3n) is 3.46. The molecule has 0 spiro atoms. The smallest absolute Gasteiger partial charge is 0.119 e. The molecule has 1 rings (SSSR count). The molecule has 3 nitrogen and oxygen atoms in total. The quantitative estimate of drug-likeness (QED) is 0.631. The van der Waals surface area contributed by atoms with Crippen molar-refractivity contribution < 1.29 is 9.47 Å². The molecule has 0 heterocycles. The van der Waals surface area contributed by atoms with Crippen molar-refractivity contribution in [3.8, 4) is 5.75 Å². The van der Waals surface area contributed by atoms with Crippen molar-refractivity contribution >= 4 is 0 Å². The van der Waals surface area contributed by atoms with E-state index in [4.69, 9.17) is 9.47 Å². The predicted octanol–water partition coefficient (Wildman–Crippen LogP) is 3.28. The molecule has 3 heteroatoms. The number of hydrogen-bond acceptors (Lipinski definition) is 3. The predicted molar refractivity (Wildman–Crippen MR) is 84.5 cm³/mol. The summed E-state index contributed by atoms with van der Waals surface area (Å²) in [6.07, 6.45) is 3.60. The van der Waals surface area contributed by atoms with Crippen LogP contribution in [0.1, 0.15) is 32.3 Å². The standard InChI is InChI=1S/C17H29NO2/c1-4-20-17-9-7-16(8-10-17)6-5-15(2)11-12-18-13-14-19-3/h7-10,15,18H,4-6,11-14H2,1-3H3. The molecule has 114 valence electrons. The molecule has 0 aliphatic carbocycles. The summed E-state index contributed by atoms with van der Waals surface area (Å²) in [5.41, 5.74) is 1.40. The Balaban J connectivity index is 2.15. The second-order valence-corrected chi connectivity index (χ2v) is 5.25. The molecule has 0 fully saturated rings. The Hall–Kier alpha value is -1.06. The van der Waals surface area contributed by atoms with Gasteiger partial charge >= 0.3 is 0 Å². The van der Waals surface area contributed by atoms with Crippen molar-refractivity contribution in [1.82, 2.24) is 5.32 Å². The van der Waals surface area contributed by atoms with E-state index in [0.29, 0.717) is 0 Å². The van der Waals surface area contributed by atoms with Gasteiger partial charge in [-0.1, -0.05) is 19.1 Å². The molecular formula is C17H29NO2. The number of rotatable bonds is 11. The molecule has 0 amide bonds. The number of hydrogen-bond donors (Lipinski definition) is 1. The van der Waals surface area contributed by atoms with Crippen molar-refractivity contribution in [3.05, 3.63) is 29.8 Å². The van der Waals surface area contributed by atoms with Crippen LogP contribution in [-0.2, 0) is 11.2 Å². The molecule has 0 aliphatic heterocycles. The second kappa shape index (κ2) is 10.7. The number of nitrogens with one attached hydrogen (secondary N) is 1.